The standard InChI is InChI=1S/C22H13Cl2N3O4/c23-13-8-9-17(18(24)11-13)19(25)26-31-22(30)12-4-3-5-14(10-12)27-20(28)15-6-1-2-7-16(15)21(27)29/h1-11H,(H2,25,26). The fourth-order valence-electron chi connectivity index (χ4n) is 3.09. The van der Waals surface area contributed by atoms with Crippen molar-refractivity contribution in [3.63, 3.8) is 0 Å². The number of hydrogen-bond donors (Lipinski definition) is 1. The number of imide groups is 1. The third-order valence-corrected chi connectivity index (χ3v) is 5.12. The predicted molar refractivity (Wildman–Crippen MR) is 117 cm³/mol. The molecule has 4 rings (SSSR count). The van der Waals surface area contributed by atoms with Gasteiger partial charge in [0.15, 0.2) is 5.84 Å². The molecule has 31 heavy (non-hydrogen) atoms. The molecule has 1 aliphatic heterocycles. The number of benzene rings is 3. The van der Waals surface area contributed by atoms with Gasteiger partial charge in [-0.15, -0.1) is 0 Å². The van der Waals surface area contributed by atoms with Gasteiger partial charge in [0.1, 0.15) is 0 Å². The topological polar surface area (TPSA) is 102 Å². The summed E-state index contributed by atoms with van der Waals surface area (Å²) in [7, 11) is 0. The van der Waals surface area contributed by atoms with E-state index in [1.807, 2.05) is 0 Å². The second-order valence-electron chi connectivity index (χ2n) is 6.52. The molecule has 0 saturated carbocycles. The maximum atomic E-state index is 12.6. The minimum Gasteiger partial charge on any atom is -0.380 e. The van der Waals surface area contributed by atoms with E-state index in [0.717, 1.165) is 4.90 Å². The van der Waals surface area contributed by atoms with Crippen molar-refractivity contribution < 1.29 is 19.2 Å². The monoisotopic (exact) mass is 453 g/mol. The highest BCUT2D eigenvalue weighted by Gasteiger charge is 2.36. The lowest BCUT2D eigenvalue weighted by atomic mass is 10.1. The zero-order valence-electron chi connectivity index (χ0n) is 15.7. The zero-order valence-corrected chi connectivity index (χ0v) is 17.2. The number of oxime groups is 1. The lowest BCUT2D eigenvalue weighted by molar-refractivity contribution is 0.0515. The number of amidine groups is 1. The van der Waals surface area contributed by atoms with E-state index in [4.69, 9.17) is 33.8 Å². The summed E-state index contributed by atoms with van der Waals surface area (Å²) in [4.78, 5) is 43.6. The number of carbonyl (C=O) groups excluding carboxylic acids is 3. The van der Waals surface area contributed by atoms with E-state index in [1.165, 1.54) is 24.3 Å². The van der Waals surface area contributed by atoms with Crippen LogP contribution in [0.4, 0.5) is 5.69 Å². The molecule has 7 nitrogen and oxygen atoms in total. The van der Waals surface area contributed by atoms with Crippen LogP contribution in [-0.2, 0) is 4.84 Å². The van der Waals surface area contributed by atoms with Crippen molar-refractivity contribution in [3.05, 3.63) is 99.0 Å². The van der Waals surface area contributed by atoms with E-state index < -0.39 is 17.8 Å². The number of amides is 2. The number of anilines is 1. The second-order valence-corrected chi connectivity index (χ2v) is 7.36. The van der Waals surface area contributed by atoms with E-state index in [2.05, 4.69) is 5.16 Å². The van der Waals surface area contributed by atoms with Gasteiger partial charge in [-0.2, -0.15) is 0 Å². The maximum absolute atomic E-state index is 12.6. The molecule has 0 radical (unpaired) electrons. The van der Waals surface area contributed by atoms with Gasteiger partial charge in [0.2, 0.25) is 0 Å². The quantitative estimate of drug-likeness (QED) is 0.209. The van der Waals surface area contributed by atoms with Crippen LogP contribution in [0.3, 0.4) is 0 Å². The normalized spacial score (nSPS) is 13.4. The molecule has 0 saturated heterocycles. The summed E-state index contributed by atoms with van der Waals surface area (Å²) in [6.45, 7) is 0. The smallest absolute Gasteiger partial charge is 0.365 e. The Bertz CT molecular complexity index is 1240. The molecule has 0 bridgehead atoms. The van der Waals surface area contributed by atoms with Crippen molar-refractivity contribution >= 4 is 52.5 Å². The molecule has 0 fully saturated rings. The molecule has 0 aliphatic carbocycles. The molecular formula is C22H13Cl2N3O4. The Labute approximate surface area is 186 Å². The molecule has 0 spiro atoms. The highest BCUT2D eigenvalue weighted by atomic mass is 35.5. The summed E-state index contributed by atoms with van der Waals surface area (Å²) in [5, 5.41) is 4.29. The first-order chi connectivity index (χ1) is 14.9. The van der Waals surface area contributed by atoms with E-state index in [0.29, 0.717) is 21.7 Å². The summed E-state index contributed by atoms with van der Waals surface area (Å²) >= 11 is 11.9. The summed E-state index contributed by atoms with van der Waals surface area (Å²) in [6.07, 6.45) is 0. The van der Waals surface area contributed by atoms with Crippen molar-refractivity contribution in [1.82, 2.24) is 0 Å². The van der Waals surface area contributed by atoms with Crippen molar-refractivity contribution in [2.45, 2.75) is 0 Å². The second kappa shape index (κ2) is 8.22. The minimum atomic E-state index is -0.827. The van der Waals surface area contributed by atoms with Crippen molar-refractivity contribution in [2.24, 2.45) is 10.9 Å². The van der Waals surface area contributed by atoms with Gasteiger partial charge < -0.3 is 10.6 Å². The number of carbonyl (C=O) groups is 3. The predicted octanol–water partition coefficient (Wildman–Crippen LogP) is 4.27. The van der Waals surface area contributed by atoms with Gasteiger partial charge in [0.05, 0.1) is 27.4 Å². The molecule has 9 heteroatoms. The molecule has 2 amide bonds. The minimum absolute atomic E-state index is 0.0767. The lowest BCUT2D eigenvalue weighted by Crippen LogP contribution is -2.29. The molecular weight excluding hydrogens is 441 g/mol. The number of rotatable bonds is 4. The van der Waals surface area contributed by atoms with Crippen LogP contribution in [0.2, 0.25) is 10.0 Å². The number of hydrogen-bond acceptors (Lipinski definition) is 5. The third-order valence-electron chi connectivity index (χ3n) is 4.57. The molecule has 1 aliphatic rings. The highest BCUT2D eigenvalue weighted by Crippen LogP contribution is 2.29. The summed E-state index contributed by atoms with van der Waals surface area (Å²) in [6, 6.07) is 17.0. The van der Waals surface area contributed by atoms with Gasteiger partial charge in [0, 0.05) is 10.6 Å². The Balaban J connectivity index is 1.56. The summed E-state index contributed by atoms with van der Waals surface area (Å²) < 4.78 is 0. The first kappa shape index (κ1) is 20.6. The van der Waals surface area contributed by atoms with E-state index in [-0.39, 0.29) is 22.1 Å². The van der Waals surface area contributed by atoms with Gasteiger partial charge in [-0.3, -0.25) is 9.59 Å². The fraction of sp³-hybridized carbons (Fsp3) is 0. The van der Waals surface area contributed by atoms with Crippen LogP contribution in [0.15, 0.2) is 71.9 Å². The van der Waals surface area contributed by atoms with Gasteiger partial charge in [-0.05, 0) is 48.5 Å². The first-order valence-electron chi connectivity index (χ1n) is 8.95. The molecule has 3 aromatic carbocycles. The Kier molecular flexibility index (Phi) is 5.46. The van der Waals surface area contributed by atoms with Crippen LogP contribution >= 0.6 is 23.2 Å². The van der Waals surface area contributed by atoms with Crippen LogP contribution in [0.5, 0.6) is 0 Å². The molecule has 0 unspecified atom stereocenters. The Morgan fingerprint density at radius 1 is 0.903 bits per heavy atom. The van der Waals surface area contributed by atoms with Crippen molar-refractivity contribution in [1.29, 1.82) is 0 Å². The maximum Gasteiger partial charge on any atom is 0.365 e. The summed E-state index contributed by atoms with van der Waals surface area (Å²) in [5.74, 6) is -1.88. The number of fused-ring (bicyclic) bond motifs is 1. The fourth-order valence-corrected chi connectivity index (χ4v) is 3.59. The van der Waals surface area contributed by atoms with Gasteiger partial charge >= 0.3 is 5.97 Å². The average molecular weight is 454 g/mol. The molecule has 2 N–H and O–H groups in total. The number of halogens is 2. The van der Waals surface area contributed by atoms with Gasteiger partial charge in [-0.1, -0.05) is 46.6 Å². The average Bonchev–Trinajstić information content (AvgIpc) is 3.02. The van der Waals surface area contributed by atoms with Crippen LogP contribution < -0.4 is 10.6 Å². The number of nitrogens with two attached hydrogens (primary N) is 1. The van der Waals surface area contributed by atoms with Gasteiger partial charge in [0.25, 0.3) is 11.8 Å². The molecule has 1 heterocycles. The van der Waals surface area contributed by atoms with Crippen LogP contribution in [-0.4, -0.2) is 23.6 Å². The third kappa shape index (κ3) is 3.88. The van der Waals surface area contributed by atoms with E-state index >= 15 is 0 Å². The molecule has 0 aromatic heterocycles. The first-order valence-corrected chi connectivity index (χ1v) is 9.70. The lowest BCUT2D eigenvalue weighted by Gasteiger charge is -2.14. The van der Waals surface area contributed by atoms with Crippen molar-refractivity contribution in [3.8, 4) is 0 Å². The molecule has 154 valence electrons. The van der Waals surface area contributed by atoms with E-state index in [9.17, 15) is 14.4 Å². The largest absolute Gasteiger partial charge is 0.380 e. The number of nitrogens with zero attached hydrogens (tertiary/aromatic N) is 2. The Morgan fingerprint density at radius 2 is 1.58 bits per heavy atom. The van der Waals surface area contributed by atoms with Gasteiger partial charge in [-0.25, -0.2) is 9.69 Å². The highest BCUT2D eigenvalue weighted by molar-refractivity contribution is 6.37. The summed E-state index contributed by atoms with van der Waals surface area (Å²) in [5.41, 5.74) is 7.10. The Hall–Kier alpha value is -3.68. The van der Waals surface area contributed by atoms with Crippen molar-refractivity contribution in [2.75, 3.05) is 4.90 Å². The van der Waals surface area contributed by atoms with Crippen LogP contribution in [0.1, 0.15) is 36.6 Å². The van der Waals surface area contributed by atoms with Crippen LogP contribution in [0.25, 0.3) is 0 Å². The SMILES string of the molecule is N/C(=N\OC(=O)c1cccc(N2C(=O)c3ccccc3C2=O)c1)c1ccc(Cl)cc1Cl. The van der Waals surface area contributed by atoms with Crippen LogP contribution in [0, 0.1) is 0 Å². The molecule has 0 atom stereocenters. The Morgan fingerprint density at radius 3 is 2.23 bits per heavy atom. The van der Waals surface area contributed by atoms with E-state index in [1.54, 1.807) is 42.5 Å². The molecule has 3 aromatic rings. The zero-order chi connectivity index (χ0) is 22.1.